The van der Waals surface area contributed by atoms with Crippen molar-refractivity contribution in [3.8, 4) is 5.75 Å². The Labute approximate surface area is 116 Å². The molecule has 0 heterocycles. The third kappa shape index (κ3) is 5.60. The van der Waals surface area contributed by atoms with Crippen molar-refractivity contribution in [2.75, 3.05) is 20.2 Å². The fourth-order valence-electron chi connectivity index (χ4n) is 2.11. The maximum absolute atomic E-state index is 13.6. The van der Waals surface area contributed by atoms with Crippen LogP contribution in [0.3, 0.4) is 0 Å². The van der Waals surface area contributed by atoms with E-state index in [1.54, 1.807) is 12.1 Å². The zero-order valence-corrected chi connectivity index (χ0v) is 12.5. The molecule has 108 valence electrons. The van der Waals surface area contributed by atoms with Crippen LogP contribution in [0.1, 0.15) is 32.8 Å². The molecule has 1 rings (SSSR count). The van der Waals surface area contributed by atoms with Gasteiger partial charge < -0.3 is 10.1 Å². The van der Waals surface area contributed by atoms with Gasteiger partial charge in [-0.1, -0.05) is 33.3 Å². The smallest absolute Gasteiger partial charge is 0.165 e. The van der Waals surface area contributed by atoms with Crippen LogP contribution in [0.2, 0.25) is 0 Å². The van der Waals surface area contributed by atoms with Gasteiger partial charge in [0.15, 0.2) is 11.6 Å². The molecule has 0 bridgehead atoms. The Morgan fingerprint density at radius 1 is 1.26 bits per heavy atom. The van der Waals surface area contributed by atoms with Crippen molar-refractivity contribution in [3.63, 3.8) is 0 Å². The third-order valence-electron chi connectivity index (χ3n) is 3.30. The Morgan fingerprint density at radius 3 is 2.53 bits per heavy atom. The van der Waals surface area contributed by atoms with Gasteiger partial charge in [-0.25, -0.2) is 4.39 Å². The molecule has 3 heteroatoms. The van der Waals surface area contributed by atoms with E-state index in [-0.39, 0.29) is 5.82 Å². The standard InChI is InChI=1S/C16H26FNO/c1-5-13(11-18-10-12(2)3)8-14-6-7-16(19-4)15(17)9-14/h6-7,9,12-13,18H,5,8,10-11H2,1-4H3. The van der Waals surface area contributed by atoms with Gasteiger partial charge in [-0.15, -0.1) is 0 Å². The maximum atomic E-state index is 13.6. The SMILES string of the molecule is CCC(CNCC(C)C)Cc1ccc(OC)c(F)c1. The van der Waals surface area contributed by atoms with Crippen LogP contribution in [0.15, 0.2) is 18.2 Å². The molecule has 2 nitrogen and oxygen atoms in total. The summed E-state index contributed by atoms with van der Waals surface area (Å²) >= 11 is 0. The van der Waals surface area contributed by atoms with Crippen molar-refractivity contribution in [2.45, 2.75) is 33.6 Å². The normalized spacial score (nSPS) is 12.7. The number of methoxy groups -OCH3 is 1. The summed E-state index contributed by atoms with van der Waals surface area (Å²) in [4.78, 5) is 0. The maximum Gasteiger partial charge on any atom is 0.165 e. The Morgan fingerprint density at radius 2 is 2.00 bits per heavy atom. The summed E-state index contributed by atoms with van der Waals surface area (Å²) in [6, 6.07) is 5.25. The number of rotatable bonds is 8. The van der Waals surface area contributed by atoms with Crippen LogP contribution in [0.25, 0.3) is 0 Å². The van der Waals surface area contributed by atoms with Crippen LogP contribution in [-0.2, 0) is 6.42 Å². The summed E-state index contributed by atoms with van der Waals surface area (Å²) in [5.74, 6) is 1.25. The van der Waals surface area contributed by atoms with E-state index in [0.29, 0.717) is 17.6 Å². The van der Waals surface area contributed by atoms with E-state index in [1.807, 2.05) is 6.07 Å². The largest absolute Gasteiger partial charge is 0.494 e. The molecule has 1 N–H and O–H groups in total. The summed E-state index contributed by atoms with van der Waals surface area (Å²) in [5, 5.41) is 3.47. The fraction of sp³-hybridized carbons (Fsp3) is 0.625. The average Bonchev–Trinajstić information content (AvgIpc) is 2.37. The lowest BCUT2D eigenvalue weighted by Gasteiger charge is -2.17. The summed E-state index contributed by atoms with van der Waals surface area (Å²) in [5.41, 5.74) is 1.04. The minimum Gasteiger partial charge on any atom is -0.494 e. The molecule has 19 heavy (non-hydrogen) atoms. The Balaban J connectivity index is 2.53. The molecule has 0 fully saturated rings. The number of hydrogen-bond acceptors (Lipinski definition) is 2. The molecule has 1 aromatic rings. The van der Waals surface area contributed by atoms with Gasteiger partial charge in [-0.2, -0.15) is 0 Å². The molecule has 1 aromatic carbocycles. The predicted molar refractivity (Wildman–Crippen MR) is 78.1 cm³/mol. The van der Waals surface area contributed by atoms with E-state index in [4.69, 9.17) is 4.74 Å². The summed E-state index contributed by atoms with van der Waals surface area (Å²) < 4.78 is 18.6. The van der Waals surface area contributed by atoms with Crippen molar-refractivity contribution in [3.05, 3.63) is 29.6 Å². The van der Waals surface area contributed by atoms with Crippen LogP contribution < -0.4 is 10.1 Å². The number of hydrogen-bond donors (Lipinski definition) is 1. The highest BCUT2D eigenvalue weighted by Gasteiger charge is 2.10. The lowest BCUT2D eigenvalue weighted by Crippen LogP contribution is -2.27. The van der Waals surface area contributed by atoms with E-state index in [2.05, 4.69) is 26.1 Å². The lowest BCUT2D eigenvalue weighted by atomic mass is 9.96. The Bertz CT molecular complexity index is 379. The second-order valence-electron chi connectivity index (χ2n) is 5.50. The zero-order chi connectivity index (χ0) is 14.3. The highest BCUT2D eigenvalue weighted by Crippen LogP contribution is 2.20. The minimum absolute atomic E-state index is 0.273. The van der Waals surface area contributed by atoms with Gasteiger partial charge in [0.25, 0.3) is 0 Å². The molecule has 1 atom stereocenters. The number of benzene rings is 1. The summed E-state index contributed by atoms with van der Waals surface area (Å²) in [7, 11) is 1.49. The van der Waals surface area contributed by atoms with Crippen molar-refractivity contribution >= 4 is 0 Å². The predicted octanol–water partition coefficient (Wildman–Crippen LogP) is 3.65. The highest BCUT2D eigenvalue weighted by molar-refractivity contribution is 5.29. The third-order valence-corrected chi connectivity index (χ3v) is 3.30. The van der Waals surface area contributed by atoms with Crippen molar-refractivity contribution < 1.29 is 9.13 Å². The van der Waals surface area contributed by atoms with E-state index in [1.165, 1.54) is 7.11 Å². The molecule has 0 saturated heterocycles. The van der Waals surface area contributed by atoms with Crippen LogP contribution in [0.5, 0.6) is 5.75 Å². The van der Waals surface area contributed by atoms with Crippen LogP contribution in [0, 0.1) is 17.7 Å². The van der Waals surface area contributed by atoms with Crippen molar-refractivity contribution in [1.82, 2.24) is 5.32 Å². The Kier molecular flexibility index (Phi) is 6.85. The van der Waals surface area contributed by atoms with Crippen LogP contribution >= 0.6 is 0 Å². The minimum atomic E-state index is -0.273. The van der Waals surface area contributed by atoms with E-state index >= 15 is 0 Å². The topological polar surface area (TPSA) is 21.3 Å². The average molecular weight is 267 g/mol. The molecule has 0 radical (unpaired) electrons. The Hall–Kier alpha value is -1.09. The molecule has 0 amide bonds. The quantitative estimate of drug-likeness (QED) is 0.776. The molecule has 0 saturated carbocycles. The fourth-order valence-corrected chi connectivity index (χ4v) is 2.11. The highest BCUT2D eigenvalue weighted by atomic mass is 19.1. The van der Waals surface area contributed by atoms with Gasteiger partial charge >= 0.3 is 0 Å². The number of halogens is 1. The summed E-state index contributed by atoms with van der Waals surface area (Å²) in [6.45, 7) is 8.61. The molecular formula is C16H26FNO. The van der Waals surface area contributed by atoms with Crippen molar-refractivity contribution in [1.29, 1.82) is 0 Å². The number of nitrogens with one attached hydrogen (secondary N) is 1. The monoisotopic (exact) mass is 267 g/mol. The molecule has 0 aliphatic rings. The first kappa shape index (κ1) is 16.0. The summed E-state index contributed by atoms with van der Waals surface area (Å²) in [6.07, 6.45) is 2.00. The second kappa shape index (κ2) is 8.16. The van der Waals surface area contributed by atoms with Gasteiger partial charge in [0, 0.05) is 0 Å². The van der Waals surface area contributed by atoms with Crippen LogP contribution in [-0.4, -0.2) is 20.2 Å². The molecule has 0 spiro atoms. The van der Waals surface area contributed by atoms with Gasteiger partial charge in [-0.05, 0) is 49.0 Å². The first-order valence-electron chi connectivity index (χ1n) is 7.09. The molecule has 1 unspecified atom stereocenters. The van der Waals surface area contributed by atoms with Gasteiger partial charge in [0.05, 0.1) is 7.11 Å². The second-order valence-corrected chi connectivity index (χ2v) is 5.50. The lowest BCUT2D eigenvalue weighted by molar-refractivity contribution is 0.385. The first-order valence-corrected chi connectivity index (χ1v) is 7.09. The molecule has 0 aromatic heterocycles. The molecule has 0 aliphatic heterocycles. The van der Waals surface area contributed by atoms with E-state index in [9.17, 15) is 4.39 Å². The van der Waals surface area contributed by atoms with Crippen LogP contribution in [0.4, 0.5) is 4.39 Å². The first-order chi connectivity index (χ1) is 9.06. The number of ether oxygens (including phenoxy) is 1. The van der Waals surface area contributed by atoms with Gasteiger partial charge in [0.1, 0.15) is 0 Å². The van der Waals surface area contributed by atoms with E-state index in [0.717, 1.165) is 31.5 Å². The van der Waals surface area contributed by atoms with E-state index < -0.39 is 0 Å². The van der Waals surface area contributed by atoms with Gasteiger partial charge in [-0.3, -0.25) is 0 Å². The molecule has 0 aliphatic carbocycles. The van der Waals surface area contributed by atoms with Gasteiger partial charge in [0.2, 0.25) is 0 Å². The van der Waals surface area contributed by atoms with Crippen molar-refractivity contribution in [2.24, 2.45) is 11.8 Å². The zero-order valence-electron chi connectivity index (χ0n) is 12.5. The molecular weight excluding hydrogens is 241 g/mol.